The van der Waals surface area contributed by atoms with Gasteiger partial charge in [-0.25, -0.2) is 0 Å². The standard InChI is InChI=1S/C9H15N.C9H11N.C8H10N2.C8H13NO.C8H11NS.C8H10O.C7H6O2/c2*1-2-6-9-8(4-1)5-3-7-10-9;1-3-7-8(9-5-1)4-2-6-10-7;1-2-4-8-7(3-1)9-5-6-10-8;1-4-8-7(9-5-1)3-2-6-10-8;1-2-4-8-7(3-1)5-6-9-8;1-2-4-7-6(3-1)8-5-9-7/h1-2,8-10H,3-7H2;1-2,4,6,10H,3,5,7H2;1,3,5,10H,2,4,6H2;1,3,7-9H,2,4-6H2;1-3,5,7-9H,4,6H2;5-6H,1-4H2;1-4H,5H2. The molecule has 0 bridgehead atoms. The minimum atomic E-state index is 0.360. The molecule has 68 heavy (non-hydrogen) atoms. The number of aryl methyl sites for hydroxylation is 4. The van der Waals surface area contributed by atoms with Gasteiger partial charge in [0.25, 0.3) is 0 Å². The van der Waals surface area contributed by atoms with Crippen LogP contribution in [0.4, 0.5) is 11.4 Å². The number of piperidine rings is 1. The van der Waals surface area contributed by atoms with Gasteiger partial charge in [-0.15, -0.1) is 0 Å². The Bertz CT molecular complexity index is 2040. The summed E-state index contributed by atoms with van der Waals surface area (Å²) in [5.41, 5.74) is 6.66. The predicted octanol–water partition coefficient (Wildman–Crippen LogP) is 11.0. The van der Waals surface area contributed by atoms with Crippen LogP contribution in [0.3, 0.4) is 0 Å². The third kappa shape index (κ3) is 15.5. The Hall–Kier alpha value is -4.94. The van der Waals surface area contributed by atoms with Crippen LogP contribution in [0.1, 0.15) is 93.2 Å². The largest absolute Gasteiger partial charge is 0.469 e. The van der Waals surface area contributed by atoms with Crippen molar-refractivity contribution < 1.29 is 18.6 Å². The van der Waals surface area contributed by atoms with Crippen molar-refractivity contribution in [3.63, 3.8) is 0 Å². The van der Waals surface area contributed by atoms with Gasteiger partial charge in [0, 0.05) is 55.0 Å². The van der Waals surface area contributed by atoms with E-state index >= 15 is 0 Å². The van der Waals surface area contributed by atoms with E-state index in [9.17, 15) is 0 Å². The lowest BCUT2D eigenvalue weighted by molar-refractivity contribution is 0.00160. The van der Waals surface area contributed by atoms with Crippen LogP contribution in [0.5, 0.6) is 11.5 Å². The van der Waals surface area contributed by atoms with E-state index in [1.165, 1.54) is 130 Å². The molecule has 0 spiro atoms. The van der Waals surface area contributed by atoms with Gasteiger partial charge in [-0.3, -0.25) is 4.98 Å². The monoisotopic (exact) mass is 941 g/mol. The first-order valence-electron chi connectivity index (χ1n) is 25.8. The molecule has 2 saturated heterocycles. The van der Waals surface area contributed by atoms with Crippen molar-refractivity contribution in [1.29, 1.82) is 0 Å². The molecule has 0 amide bonds. The van der Waals surface area contributed by atoms with Crippen molar-refractivity contribution in [3.8, 4) is 11.5 Å². The van der Waals surface area contributed by atoms with Crippen molar-refractivity contribution in [2.24, 2.45) is 5.92 Å². The number of nitrogens with zero attached hydrogens (tertiary/aromatic N) is 1. The summed E-state index contributed by atoms with van der Waals surface area (Å²) in [5, 5.41) is 17.8. The molecule has 0 radical (unpaired) electrons. The smallest absolute Gasteiger partial charge is 0.231 e. The maximum atomic E-state index is 5.57. The van der Waals surface area contributed by atoms with Crippen LogP contribution < -0.4 is 36.1 Å². The minimum absolute atomic E-state index is 0.360. The van der Waals surface area contributed by atoms with Crippen LogP contribution in [-0.2, 0) is 30.4 Å². The Kier molecular flexibility index (Phi) is 20.3. The van der Waals surface area contributed by atoms with E-state index in [1.54, 1.807) is 6.26 Å². The Balaban J connectivity index is 0.000000107. The topological polar surface area (TPSA) is 114 Å². The predicted molar refractivity (Wildman–Crippen MR) is 281 cm³/mol. The highest BCUT2D eigenvalue weighted by atomic mass is 32.2. The number of fused-ring (bicyclic) bond motifs is 7. The number of benzene rings is 2. The number of para-hydroxylation sites is 3. The number of thioether (sulfide) groups is 1. The lowest BCUT2D eigenvalue weighted by Crippen LogP contribution is -2.48. The molecule has 6 unspecified atom stereocenters. The molecule has 10 aliphatic rings. The molecule has 6 atom stereocenters. The van der Waals surface area contributed by atoms with E-state index in [-0.39, 0.29) is 0 Å². The molecule has 0 saturated carbocycles. The molecule has 7 aliphatic heterocycles. The van der Waals surface area contributed by atoms with Gasteiger partial charge in [0.2, 0.25) is 6.79 Å². The zero-order valence-corrected chi connectivity index (χ0v) is 40.9. The van der Waals surface area contributed by atoms with Gasteiger partial charge in [0.1, 0.15) is 5.76 Å². The number of hydrogen-bond donors (Lipinski definition) is 5. The van der Waals surface area contributed by atoms with Crippen molar-refractivity contribution in [1.82, 2.24) is 20.9 Å². The normalized spacial score (nSPS) is 25.6. The van der Waals surface area contributed by atoms with Crippen LogP contribution >= 0.6 is 11.8 Å². The number of pyridine rings is 1. The van der Waals surface area contributed by atoms with Crippen molar-refractivity contribution in [3.05, 3.63) is 151 Å². The summed E-state index contributed by atoms with van der Waals surface area (Å²) in [4.78, 5) is 4.26. The minimum Gasteiger partial charge on any atom is -0.469 e. The summed E-state index contributed by atoms with van der Waals surface area (Å²) < 4.78 is 21.0. The van der Waals surface area contributed by atoms with E-state index in [2.05, 4.69) is 117 Å². The lowest BCUT2D eigenvalue weighted by atomic mass is 9.83. The quantitative estimate of drug-likeness (QED) is 0.109. The molecule has 11 heteroatoms. The Morgan fingerprint density at radius 1 is 0.618 bits per heavy atom. The summed E-state index contributed by atoms with van der Waals surface area (Å²) in [6.07, 6.45) is 41.0. The van der Waals surface area contributed by atoms with Gasteiger partial charge in [-0.1, -0.05) is 72.9 Å². The van der Waals surface area contributed by atoms with Gasteiger partial charge < -0.3 is 45.2 Å². The van der Waals surface area contributed by atoms with Gasteiger partial charge in [0.15, 0.2) is 11.5 Å². The number of ether oxygens (including phenoxy) is 3. The van der Waals surface area contributed by atoms with Crippen LogP contribution in [0, 0.1) is 5.92 Å². The number of hydrogen-bond acceptors (Lipinski definition) is 11. The average Bonchev–Trinajstić information content (AvgIpc) is 4.13. The summed E-state index contributed by atoms with van der Waals surface area (Å²) in [5.74, 6) is 5.06. The number of morpholine rings is 1. The number of allylic oxidation sites excluding steroid dienone is 3. The molecule has 14 rings (SSSR count). The molecule has 4 aromatic rings. The molecule has 2 fully saturated rings. The van der Waals surface area contributed by atoms with Crippen LogP contribution in [0.15, 0.2) is 132 Å². The fraction of sp³-hybridized carbons (Fsp3) is 0.491. The number of furan rings is 1. The van der Waals surface area contributed by atoms with E-state index in [0.717, 1.165) is 67.8 Å². The second-order valence-electron chi connectivity index (χ2n) is 18.6. The summed E-state index contributed by atoms with van der Waals surface area (Å²) in [6, 6.07) is 24.2. The van der Waals surface area contributed by atoms with Gasteiger partial charge >= 0.3 is 0 Å². The molecular weight excluding hydrogens is 865 g/mol. The van der Waals surface area contributed by atoms with Crippen LogP contribution in [0.25, 0.3) is 0 Å². The first kappa shape index (κ1) is 49.5. The molecule has 10 nitrogen and oxygen atoms in total. The Morgan fingerprint density at radius 3 is 2.25 bits per heavy atom. The SMILES string of the molecule is C1=CC2NC=CCC2SC1.C1=CC2NCCOC2CC1.C1=CCC2NCCCC2C1.c1cc2c(o1)CCCC2.c1ccc2c(c1)CCCN2.c1ccc2c(c1)OCO2.c1cnc2c(c1)NCCC2. The second kappa shape index (κ2) is 27.9. The summed E-state index contributed by atoms with van der Waals surface area (Å²) in [7, 11) is 0. The fourth-order valence-electron chi connectivity index (χ4n) is 10.0. The molecule has 2 aromatic carbocycles. The molecular formula is C57H76N6O4S. The number of anilines is 2. The van der Waals surface area contributed by atoms with Crippen molar-refractivity contribution in [2.45, 2.75) is 126 Å². The van der Waals surface area contributed by atoms with Crippen molar-refractivity contribution in [2.75, 3.05) is 56.0 Å². The van der Waals surface area contributed by atoms with Gasteiger partial charge in [-0.05, 0) is 156 Å². The Morgan fingerprint density at radius 2 is 1.41 bits per heavy atom. The van der Waals surface area contributed by atoms with E-state index in [0.29, 0.717) is 25.0 Å². The second-order valence-corrected chi connectivity index (χ2v) is 19.8. The molecule has 3 aliphatic carbocycles. The first-order valence-corrected chi connectivity index (χ1v) is 26.8. The fourth-order valence-corrected chi connectivity index (χ4v) is 11.1. The summed E-state index contributed by atoms with van der Waals surface area (Å²) in [6.45, 7) is 5.73. The lowest BCUT2D eigenvalue weighted by Gasteiger charge is -2.33. The highest BCUT2D eigenvalue weighted by molar-refractivity contribution is 8.00. The van der Waals surface area contributed by atoms with E-state index in [4.69, 9.17) is 18.6 Å². The van der Waals surface area contributed by atoms with Crippen LogP contribution in [0.2, 0.25) is 0 Å². The molecule has 2 aromatic heterocycles. The Labute approximate surface area is 410 Å². The zero-order valence-electron chi connectivity index (χ0n) is 40.1. The van der Waals surface area contributed by atoms with Gasteiger partial charge in [0.05, 0.1) is 42.4 Å². The maximum Gasteiger partial charge on any atom is 0.231 e. The van der Waals surface area contributed by atoms with E-state index in [1.807, 2.05) is 48.3 Å². The highest BCUT2D eigenvalue weighted by Crippen LogP contribution is 2.31. The summed E-state index contributed by atoms with van der Waals surface area (Å²) >= 11 is 2.05. The number of nitrogens with one attached hydrogen (secondary N) is 5. The average molecular weight is 941 g/mol. The molecule has 5 N–H and O–H groups in total. The number of aromatic nitrogens is 1. The van der Waals surface area contributed by atoms with Crippen LogP contribution in [-0.4, -0.2) is 79.8 Å². The maximum absolute atomic E-state index is 5.57. The van der Waals surface area contributed by atoms with E-state index < -0.39 is 0 Å². The molecule has 364 valence electrons. The van der Waals surface area contributed by atoms with Crippen molar-refractivity contribution >= 4 is 23.1 Å². The third-order valence-corrected chi connectivity index (χ3v) is 15.1. The third-order valence-electron chi connectivity index (χ3n) is 13.8. The molecule has 9 heterocycles. The zero-order chi connectivity index (χ0) is 46.3. The number of rotatable bonds is 0. The first-order chi connectivity index (χ1) is 33.8. The highest BCUT2D eigenvalue weighted by Gasteiger charge is 2.26. The van der Waals surface area contributed by atoms with Gasteiger partial charge in [-0.2, -0.15) is 11.8 Å².